The Morgan fingerprint density at radius 1 is 1.12 bits per heavy atom. The van der Waals surface area contributed by atoms with Crippen molar-refractivity contribution in [2.75, 3.05) is 31.7 Å². The van der Waals surface area contributed by atoms with Crippen LogP contribution in [0, 0.1) is 5.41 Å². The summed E-state index contributed by atoms with van der Waals surface area (Å²) in [7, 11) is 1.88. The van der Waals surface area contributed by atoms with Gasteiger partial charge in [-0.2, -0.15) is 5.10 Å². The SMILES string of the molecule is CN(CC(C)(CO)CO)c1ncnc2c1cnn2-c1ccccc1. The van der Waals surface area contributed by atoms with Crippen LogP contribution in [0.1, 0.15) is 6.92 Å². The van der Waals surface area contributed by atoms with Gasteiger partial charge >= 0.3 is 0 Å². The summed E-state index contributed by atoms with van der Waals surface area (Å²) in [5, 5.41) is 24.3. The Hall–Kier alpha value is -2.51. The lowest BCUT2D eigenvalue weighted by molar-refractivity contribution is 0.0762. The zero-order valence-electron chi connectivity index (χ0n) is 13.8. The molecule has 126 valence electrons. The van der Waals surface area contributed by atoms with E-state index in [9.17, 15) is 10.2 Å². The molecule has 2 N–H and O–H groups in total. The molecule has 0 bridgehead atoms. The molecule has 0 aliphatic carbocycles. The van der Waals surface area contributed by atoms with Crippen LogP contribution in [0.2, 0.25) is 0 Å². The molecule has 24 heavy (non-hydrogen) atoms. The molecule has 0 saturated carbocycles. The van der Waals surface area contributed by atoms with Gasteiger partial charge in [0.05, 0.1) is 30.5 Å². The number of hydrogen-bond donors (Lipinski definition) is 2. The first kappa shape index (κ1) is 16.4. The van der Waals surface area contributed by atoms with Crippen molar-refractivity contribution in [3.63, 3.8) is 0 Å². The third-order valence-electron chi connectivity index (χ3n) is 4.09. The normalized spacial score (nSPS) is 11.8. The van der Waals surface area contributed by atoms with E-state index in [1.807, 2.05) is 49.2 Å². The van der Waals surface area contributed by atoms with Crippen molar-refractivity contribution >= 4 is 16.9 Å². The Kier molecular flexibility index (Phi) is 4.46. The molecule has 0 radical (unpaired) electrons. The van der Waals surface area contributed by atoms with Gasteiger partial charge in [0.15, 0.2) is 5.65 Å². The van der Waals surface area contributed by atoms with Crippen LogP contribution in [0.4, 0.5) is 5.82 Å². The predicted octanol–water partition coefficient (Wildman–Crippen LogP) is 1.24. The number of benzene rings is 1. The highest BCUT2D eigenvalue weighted by atomic mass is 16.3. The average molecular weight is 327 g/mol. The summed E-state index contributed by atoms with van der Waals surface area (Å²) in [5.41, 5.74) is 1.03. The van der Waals surface area contributed by atoms with E-state index in [0.29, 0.717) is 12.2 Å². The number of aliphatic hydroxyl groups excluding tert-OH is 2. The van der Waals surface area contributed by atoms with E-state index in [-0.39, 0.29) is 13.2 Å². The highest BCUT2D eigenvalue weighted by Crippen LogP contribution is 2.26. The zero-order valence-corrected chi connectivity index (χ0v) is 13.8. The van der Waals surface area contributed by atoms with Gasteiger partial charge in [-0.15, -0.1) is 0 Å². The van der Waals surface area contributed by atoms with Crippen molar-refractivity contribution in [2.45, 2.75) is 6.92 Å². The largest absolute Gasteiger partial charge is 0.396 e. The number of nitrogens with zero attached hydrogens (tertiary/aromatic N) is 5. The van der Waals surface area contributed by atoms with Crippen LogP contribution in [0.25, 0.3) is 16.7 Å². The number of para-hydroxylation sites is 1. The van der Waals surface area contributed by atoms with Gasteiger partial charge in [-0.25, -0.2) is 14.6 Å². The Labute approximate surface area is 140 Å². The molecule has 7 heteroatoms. The second kappa shape index (κ2) is 6.54. The maximum atomic E-state index is 9.51. The highest BCUT2D eigenvalue weighted by molar-refractivity contribution is 5.87. The Morgan fingerprint density at radius 3 is 2.50 bits per heavy atom. The molecule has 0 amide bonds. The summed E-state index contributed by atoms with van der Waals surface area (Å²) in [5.74, 6) is 0.718. The lowest BCUT2D eigenvalue weighted by Gasteiger charge is -2.31. The topological polar surface area (TPSA) is 87.3 Å². The number of aromatic nitrogens is 4. The first-order chi connectivity index (χ1) is 11.6. The number of anilines is 1. The molecule has 2 aromatic heterocycles. The van der Waals surface area contributed by atoms with Gasteiger partial charge in [0.1, 0.15) is 12.1 Å². The predicted molar refractivity (Wildman–Crippen MR) is 92.2 cm³/mol. The van der Waals surface area contributed by atoms with Gasteiger partial charge < -0.3 is 15.1 Å². The van der Waals surface area contributed by atoms with Crippen LogP contribution < -0.4 is 4.90 Å². The molecule has 0 saturated heterocycles. The fraction of sp³-hybridized carbons (Fsp3) is 0.353. The first-order valence-corrected chi connectivity index (χ1v) is 7.75. The van der Waals surface area contributed by atoms with Gasteiger partial charge in [-0.05, 0) is 12.1 Å². The van der Waals surface area contributed by atoms with Crippen molar-refractivity contribution in [3.05, 3.63) is 42.9 Å². The molecule has 0 spiro atoms. The number of hydrogen-bond acceptors (Lipinski definition) is 6. The molecule has 0 atom stereocenters. The van der Waals surface area contributed by atoms with E-state index >= 15 is 0 Å². The van der Waals surface area contributed by atoms with Gasteiger partial charge in [0, 0.05) is 19.0 Å². The standard InChI is InChI=1S/C17H21N5O2/c1-17(10-23,11-24)9-21(2)15-14-8-20-22(16(14)19-12-18-15)13-6-4-3-5-7-13/h3-8,12,23-24H,9-11H2,1-2H3. The average Bonchev–Trinajstić information content (AvgIpc) is 3.06. The second-order valence-corrected chi connectivity index (χ2v) is 6.31. The van der Waals surface area contributed by atoms with E-state index in [2.05, 4.69) is 15.1 Å². The summed E-state index contributed by atoms with van der Waals surface area (Å²) in [6.07, 6.45) is 3.24. The summed E-state index contributed by atoms with van der Waals surface area (Å²) in [6.45, 7) is 2.08. The molecule has 0 aliphatic heterocycles. The third-order valence-corrected chi connectivity index (χ3v) is 4.09. The quantitative estimate of drug-likeness (QED) is 0.708. The van der Waals surface area contributed by atoms with Crippen molar-refractivity contribution in [2.24, 2.45) is 5.41 Å². The van der Waals surface area contributed by atoms with Crippen LogP contribution in [-0.2, 0) is 0 Å². The van der Waals surface area contributed by atoms with Gasteiger partial charge in [0.2, 0.25) is 0 Å². The first-order valence-electron chi connectivity index (χ1n) is 7.75. The summed E-state index contributed by atoms with van der Waals surface area (Å²) in [6, 6.07) is 9.78. The maximum absolute atomic E-state index is 9.51. The lowest BCUT2D eigenvalue weighted by Crippen LogP contribution is -2.39. The number of rotatable bonds is 6. The lowest BCUT2D eigenvalue weighted by atomic mass is 9.92. The van der Waals surface area contributed by atoms with E-state index in [4.69, 9.17) is 0 Å². The zero-order chi connectivity index (χ0) is 17.2. The molecule has 2 heterocycles. The summed E-state index contributed by atoms with van der Waals surface area (Å²) < 4.78 is 1.77. The number of fused-ring (bicyclic) bond motifs is 1. The van der Waals surface area contributed by atoms with Crippen LogP contribution >= 0.6 is 0 Å². The minimum atomic E-state index is -0.610. The fourth-order valence-electron chi connectivity index (χ4n) is 2.69. The Balaban J connectivity index is 2.00. The molecule has 1 aromatic carbocycles. The molecule has 0 unspecified atom stereocenters. The summed E-state index contributed by atoms with van der Waals surface area (Å²) >= 11 is 0. The Bertz CT molecular complexity index is 814. The Morgan fingerprint density at radius 2 is 1.83 bits per heavy atom. The second-order valence-electron chi connectivity index (χ2n) is 6.31. The van der Waals surface area contributed by atoms with Crippen molar-refractivity contribution < 1.29 is 10.2 Å². The van der Waals surface area contributed by atoms with E-state index in [1.54, 1.807) is 10.9 Å². The molecule has 0 aliphatic rings. The fourth-order valence-corrected chi connectivity index (χ4v) is 2.69. The maximum Gasteiger partial charge on any atom is 0.168 e. The van der Waals surface area contributed by atoms with Crippen molar-refractivity contribution in [1.29, 1.82) is 0 Å². The van der Waals surface area contributed by atoms with Crippen LogP contribution in [0.5, 0.6) is 0 Å². The van der Waals surface area contributed by atoms with Crippen LogP contribution in [0.15, 0.2) is 42.9 Å². The molecule has 0 fully saturated rings. The van der Waals surface area contributed by atoms with Gasteiger partial charge in [-0.3, -0.25) is 0 Å². The van der Waals surface area contributed by atoms with E-state index in [0.717, 1.165) is 16.9 Å². The monoisotopic (exact) mass is 327 g/mol. The van der Waals surface area contributed by atoms with Gasteiger partial charge in [-0.1, -0.05) is 25.1 Å². The van der Waals surface area contributed by atoms with Crippen molar-refractivity contribution in [3.8, 4) is 5.69 Å². The van der Waals surface area contributed by atoms with Crippen LogP contribution in [-0.4, -0.2) is 56.8 Å². The van der Waals surface area contributed by atoms with Gasteiger partial charge in [0.25, 0.3) is 0 Å². The summed E-state index contributed by atoms with van der Waals surface area (Å²) in [4.78, 5) is 10.6. The molecular weight excluding hydrogens is 306 g/mol. The van der Waals surface area contributed by atoms with E-state index in [1.165, 1.54) is 6.33 Å². The van der Waals surface area contributed by atoms with E-state index < -0.39 is 5.41 Å². The molecule has 7 nitrogen and oxygen atoms in total. The number of aliphatic hydroxyl groups is 2. The third kappa shape index (κ3) is 2.95. The molecule has 3 rings (SSSR count). The minimum Gasteiger partial charge on any atom is -0.396 e. The minimum absolute atomic E-state index is 0.106. The molecule has 3 aromatic rings. The van der Waals surface area contributed by atoms with Crippen molar-refractivity contribution in [1.82, 2.24) is 19.7 Å². The smallest absolute Gasteiger partial charge is 0.168 e. The van der Waals surface area contributed by atoms with Crippen LogP contribution in [0.3, 0.4) is 0 Å². The molecular formula is C17H21N5O2. The highest BCUT2D eigenvalue weighted by Gasteiger charge is 2.26.